The van der Waals surface area contributed by atoms with E-state index in [4.69, 9.17) is 4.74 Å². The Morgan fingerprint density at radius 2 is 1.60 bits per heavy atom. The lowest BCUT2D eigenvalue weighted by Crippen LogP contribution is -2.55. The first-order chi connectivity index (χ1) is 22.3. The number of halogens is 2. The van der Waals surface area contributed by atoms with Crippen molar-refractivity contribution in [3.8, 4) is 11.1 Å². The first kappa shape index (κ1) is 35.5. The lowest BCUT2D eigenvalue weighted by Gasteiger charge is -2.31. The monoisotopic (exact) mass is 654 g/mol. The first-order valence-corrected chi connectivity index (χ1v) is 16.2. The number of amides is 4. The Hall–Kier alpha value is -4.35. The molecule has 1 unspecified atom stereocenters. The molecule has 47 heavy (non-hydrogen) atoms. The summed E-state index contributed by atoms with van der Waals surface area (Å²) in [7, 11) is 0. The number of carbonyl (C=O) groups is 5. The second-order valence-corrected chi connectivity index (χ2v) is 13.2. The Bertz CT molecular complexity index is 1450. The highest BCUT2D eigenvalue weighted by molar-refractivity contribution is 6.38. The molecule has 0 bridgehead atoms. The number of hydrogen-bond acceptors (Lipinski definition) is 6. The van der Waals surface area contributed by atoms with Crippen molar-refractivity contribution in [3.05, 3.63) is 60.2 Å². The van der Waals surface area contributed by atoms with Crippen molar-refractivity contribution in [1.82, 2.24) is 21.3 Å². The third kappa shape index (κ3) is 9.59. The summed E-state index contributed by atoms with van der Waals surface area (Å²) in [6.45, 7) is 7.02. The average molecular weight is 655 g/mol. The Morgan fingerprint density at radius 3 is 2.19 bits per heavy atom. The number of rotatable bonds is 15. The number of Topliss-reactive ketones (excluding diaryl/α,β-unsaturated/α-hetero) is 1. The smallest absolute Gasteiger partial charge is 0.408 e. The number of nitrogens with one attached hydrogen (secondary N) is 4. The molecule has 2 aromatic carbocycles. The molecular weight excluding hydrogens is 610 g/mol. The van der Waals surface area contributed by atoms with Gasteiger partial charge in [-0.2, -0.15) is 8.78 Å². The number of alkyl carbamates (subject to hydrolysis) is 1. The van der Waals surface area contributed by atoms with E-state index in [1.165, 1.54) is 32.0 Å². The molecule has 4 atom stereocenters. The molecule has 12 heteroatoms. The minimum absolute atomic E-state index is 0.0852. The van der Waals surface area contributed by atoms with Gasteiger partial charge in [-0.3, -0.25) is 19.2 Å². The fraction of sp³-hybridized carbons (Fsp3) is 0.514. The highest BCUT2D eigenvalue weighted by atomic mass is 19.3. The third-order valence-electron chi connectivity index (χ3n) is 8.32. The summed E-state index contributed by atoms with van der Waals surface area (Å²) in [4.78, 5) is 64.7. The van der Waals surface area contributed by atoms with Gasteiger partial charge in [-0.05, 0) is 61.1 Å². The third-order valence-corrected chi connectivity index (χ3v) is 8.32. The second-order valence-electron chi connectivity index (χ2n) is 13.2. The van der Waals surface area contributed by atoms with Crippen molar-refractivity contribution >= 4 is 29.6 Å². The van der Waals surface area contributed by atoms with E-state index in [2.05, 4.69) is 21.3 Å². The number of ketones is 1. The maximum Gasteiger partial charge on any atom is 0.408 e. The molecule has 1 aliphatic carbocycles. The van der Waals surface area contributed by atoms with E-state index in [-0.39, 0.29) is 36.3 Å². The highest BCUT2D eigenvalue weighted by Gasteiger charge is 2.47. The Labute approximate surface area is 273 Å². The summed E-state index contributed by atoms with van der Waals surface area (Å²) in [5, 5.41) is 10.3. The quantitative estimate of drug-likeness (QED) is 0.209. The second kappa shape index (κ2) is 15.5. The normalized spacial score (nSPS) is 18.2. The van der Waals surface area contributed by atoms with Gasteiger partial charge in [0.2, 0.25) is 17.6 Å². The van der Waals surface area contributed by atoms with Gasteiger partial charge in [0, 0.05) is 24.1 Å². The van der Waals surface area contributed by atoms with Gasteiger partial charge in [0.05, 0.1) is 6.04 Å². The van der Waals surface area contributed by atoms with Crippen LogP contribution in [-0.2, 0) is 29.8 Å². The zero-order valence-corrected chi connectivity index (χ0v) is 27.2. The molecule has 1 saturated heterocycles. The Balaban J connectivity index is 1.49. The summed E-state index contributed by atoms with van der Waals surface area (Å²) >= 11 is 0. The lowest BCUT2D eigenvalue weighted by atomic mass is 9.92. The van der Waals surface area contributed by atoms with E-state index in [0.717, 1.165) is 18.4 Å². The molecule has 2 aliphatic rings. The molecule has 0 spiro atoms. The average Bonchev–Trinajstić information content (AvgIpc) is 3.76. The summed E-state index contributed by atoms with van der Waals surface area (Å²) in [5.41, 5.74) is 1.000. The maximum absolute atomic E-state index is 16.0. The van der Waals surface area contributed by atoms with Gasteiger partial charge in [0.25, 0.3) is 5.91 Å². The molecule has 1 heterocycles. The molecule has 4 rings (SSSR count). The van der Waals surface area contributed by atoms with Gasteiger partial charge in [0.1, 0.15) is 6.04 Å². The number of ether oxygens (including phenoxy) is 1. The van der Waals surface area contributed by atoms with Crippen molar-refractivity contribution in [2.75, 3.05) is 6.54 Å². The van der Waals surface area contributed by atoms with Crippen LogP contribution < -0.4 is 21.3 Å². The maximum atomic E-state index is 16.0. The van der Waals surface area contributed by atoms with Crippen LogP contribution in [0.1, 0.15) is 65.4 Å². The zero-order valence-electron chi connectivity index (χ0n) is 27.2. The molecular formula is C35H44F2N4O6. The van der Waals surface area contributed by atoms with Crippen molar-refractivity contribution in [2.24, 2.45) is 17.8 Å². The van der Waals surface area contributed by atoms with Crippen LogP contribution in [0.5, 0.6) is 0 Å². The van der Waals surface area contributed by atoms with Gasteiger partial charge >= 0.3 is 12.0 Å². The summed E-state index contributed by atoms with van der Waals surface area (Å²) in [6.07, 6.45) is -1.19. The molecule has 0 radical (unpaired) electrons. The van der Waals surface area contributed by atoms with E-state index in [0.29, 0.717) is 18.5 Å². The molecule has 0 aromatic heterocycles. The molecule has 10 nitrogen and oxygen atoms in total. The fourth-order valence-corrected chi connectivity index (χ4v) is 5.62. The topological polar surface area (TPSA) is 143 Å². The molecule has 4 amide bonds. The van der Waals surface area contributed by atoms with Crippen LogP contribution in [0.25, 0.3) is 11.1 Å². The lowest BCUT2D eigenvalue weighted by molar-refractivity contribution is -0.141. The molecule has 2 aromatic rings. The van der Waals surface area contributed by atoms with Gasteiger partial charge in [-0.15, -0.1) is 0 Å². The van der Waals surface area contributed by atoms with Crippen LogP contribution in [0.2, 0.25) is 0 Å². The standard InChI is InChI=1S/C35H44F2N4O6/c1-20(2)17-28(32(44)40-27(19-24-15-16-38-31(24)43)29(42)33(45)39-26-13-14-26)41-34(46)47-30(21(3)4)35(36,37)25-12-8-11-23(18-25)22-9-6-5-7-10-22/h5-12,18,20-21,24,26-28,30H,13-17,19H2,1-4H3,(H,38,43)(H,39,45)(H,40,44)(H,41,46)/t24-,27-,28-,30?/m0/s1. The summed E-state index contributed by atoms with van der Waals surface area (Å²) in [6, 6.07) is 12.2. The van der Waals surface area contributed by atoms with Crippen LogP contribution in [0, 0.1) is 17.8 Å². The fourth-order valence-electron chi connectivity index (χ4n) is 5.62. The van der Waals surface area contributed by atoms with Gasteiger partial charge < -0.3 is 26.0 Å². The van der Waals surface area contributed by atoms with Crippen molar-refractivity contribution in [2.45, 2.75) is 90.0 Å². The minimum atomic E-state index is -3.58. The number of hydrogen-bond donors (Lipinski definition) is 4. The largest absolute Gasteiger partial charge is 0.439 e. The van der Waals surface area contributed by atoms with Crippen molar-refractivity contribution in [1.29, 1.82) is 0 Å². The highest BCUT2D eigenvalue weighted by Crippen LogP contribution is 2.38. The Kier molecular flexibility index (Phi) is 11.7. The molecule has 1 aliphatic heterocycles. The van der Waals surface area contributed by atoms with Crippen LogP contribution >= 0.6 is 0 Å². The Morgan fingerprint density at radius 1 is 0.915 bits per heavy atom. The molecule has 1 saturated carbocycles. The summed E-state index contributed by atoms with van der Waals surface area (Å²) in [5.74, 6) is -7.95. The van der Waals surface area contributed by atoms with E-state index in [1.54, 1.807) is 44.2 Å². The van der Waals surface area contributed by atoms with Gasteiger partial charge in [0.15, 0.2) is 6.10 Å². The van der Waals surface area contributed by atoms with E-state index < -0.39 is 59.6 Å². The predicted molar refractivity (Wildman–Crippen MR) is 171 cm³/mol. The van der Waals surface area contributed by atoms with Gasteiger partial charge in [-0.25, -0.2) is 4.79 Å². The number of carbonyl (C=O) groups excluding carboxylic acids is 5. The van der Waals surface area contributed by atoms with Crippen molar-refractivity contribution in [3.63, 3.8) is 0 Å². The molecule has 4 N–H and O–H groups in total. The van der Waals surface area contributed by atoms with Gasteiger partial charge in [-0.1, -0.05) is 76.2 Å². The minimum Gasteiger partial charge on any atom is -0.439 e. The molecule has 2 fully saturated rings. The zero-order chi connectivity index (χ0) is 34.3. The van der Waals surface area contributed by atoms with E-state index in [9.17, 15) is 24.0 Å². The predicted octanol–water partition coefficient (Wildman–Crippen LogP) is 4.47. The van der Waals surface area contributed by atoms with Crippen LogP contribution in [0.4, 0.5) is 13.6 Å². The number of alkyl halides is 2. The first-order valence-electron chi connectivity index (χ1n) is 16.2. The van der Waals surface area contributed by atoms with E-state index in [1.807, 2.05) is 6.07 Å². The van der Waals surface area contributed by atoms with Crippen molar-refractivity contribution < 1.29 is 37.5 Å². The summed E-state index contributed by atoms with van der Waals surface area (Å²) < 4.78 is 37.3. The van der Waals surface area contributed by atoms with Crippen LogP contribution in [0.15, 0.2) is 54.6 Å². The number of benzene rings is 2. The van der Waals surface area contributed by atoms with Crippen LogP contribution in [0.3, 0.4) is 0 Å². The van der Waals surface area contributed by atoms with Crippen LogP contribution in [-0.4, -0.2) is 60.4 Å². The SMILES string of the molecule is CC(C)C[C@H](NC(=O)OC(C(C)C)C(F)(F)c1cccc(-c2ccccc2)c1)C(=O)N[C@@H](C[C@@H]1CCNC1=O)C(=O)C(=O)NC1CC1. The molecule has 254 valence electrons. The van der Waals surface area contributed by atoms with E-state index >= 15 is 8.78 Å².